The lowest BCUT2D eigenvalue weighted by molar-refractivity contribution is -0.126. The van der Waals surface area contributed by atoms with Crippen LogP contribution in [0.15, 0.2) is 60.0 Å². The number of nitrogens with zero attached hydrogens (tertiary/aromatic N) is 2. The molecule has 0 fully saturated rings. The van der Waals surface area contributed by atoms with Crippen molar-refractivity contribution in [2.24, 2.45) is 0 Å². The van der Waals surface area contributed by atoms with Gasteiger partial charge in [-0.05, 0) is 54.3 Å². The first-order valence-electron chi connectivity index (χ1n) is 11.3. The third-order valence-corrected chi connectivity index (χ3v) is 7.48. The Morgan fingerprint density at radius 1 is 1.09 bits per heavy atom. The van der Waals surface area contributed by atoms with Crippen molar-refractivity contribution >= 4 is 39.1 Å². The molecule has 0 saturated carbocycles. The number of aromatic nitrogens is 1. The molecule has 0 saturated heterocycles. The van der Waals surface area contributed by atoms with E-state index in [1.807, 2.05) is 22.1 Å². The number of hydrogen-bond acceptors (Lipinski definition) is 5. The van der Waals surface area contributed by atoms with Gasteiger partial charge in [-0.25, -0.2) is 4.39 Å². The summed E-state index contributed by atoms with van der Waals surface area (Å²) < 4.78 is 26.6. The van der Waals surface area contributed by atoms with Crippen molar-refractivity contribution in [3.8, 4) is 11.5 Å². The van der Waals surface area contributed by atoms with Crippen molar-refractivity contribution in [2.45, 2.75) is 25.6 Å². The van der Waals surface area contributed by atoms with Crippen LogP contribution in [0.1, 0.15) is 23.0 Å². The Morgan fingerprint density at radius 3 is 2.66 bits per heavy atom. The predicted molar refractivity (Wildman–Crippen MR) is 131 cm³/mol. The molecule has 1 N–H and O–H groups in total. The molecule has 2 aromatic carbocycles. The van der Waals surface area contributed by atoms with Crippen LogP contribution in [0.4, 0.5) is 10.1 Å². The van der Waals surface area contributed by atoms with E-state index in [0.29, 0.717) is 36.1 Å². The third kappa shape index (κ3) is 3.54. The summed E-state index contributed by atoms with van der Waals surface area (Å²) in [5, 5.41) is 5.90. The molecule has 6 rings (SSSR count). The van der Waals surface area contributed by atoms with E-state index < -0.39 is 5.54 Å². The standard InChI is InChI=1S/C26H22FN3O4S/c1-26(25(32)28-14-16-2-4-18(27)5-3-16)15-29-20(12-17-8-11-35-24(17)29)23(31)30(26)19-6-7-21-22(13-19)34-10-9-33-21/h2-8,11-13H,9-10,14-15H2,1H3,(H,28,32)/t26-/m0/s1. The van der Waals surface area contributed by atoms with Gasteiger partial charge in [-0.2, -0.15) is 0 Å². The normalized spacial score (nSPS) is 19.0. The predicted octanol–water partition coefficient (Wildman–Crippen LogP) is 4.35. The van der Waals surface area contributed by atoms with Crippen LogP contribution < -0.4 is 19.7 Å². The van der Waals surface area contributed by atoms with Gasteiger partial charge in [0.2, 0.25) is 5.91 Å². The maximum absolute atomic E-state index is 13.9. The molecule has 0 radical (unpaired) electrons. The van der Waals surface area contributed by atoms with E-state index in [0.717, 1.165) is 15.8 Å². The van der Waals surface area contributed by atoms with Crippen molar-refractivity contribution in [1.82, 2.24) is 9.88 Å². The van der Waals surface area contributed by atoms with Crippen molar-refractivity contribution < 1.29 is 23.5 Å². The number of carbonyl (C=O) groups is 2. The Labute approximate surface area is 204 Å². The summed E-state index contributed by atoms with van der Waals surface area (Å²) in [6.07, 6.45) is 0. The molecule has 4 aromatic rings. The van der Waals surface area contributed by atoms with E-state index in [9.17, 15) is 14.0 Å². The third-order valence-electron chi connectivity index (χ3n) is 6.52. The van der Waals surface area contributed by atoms with Gasteiger partial charge in [0.25, 0.3) is 5.91 Å². The highest BCUT2D eigenvalue weighted by atomic mass is 32.1. The lowest BCUT2D eigenvalue weighted by Crippen LogP contribution is -2.64. The van der Waals surface area contributed by atoms with Crippen LogP contribution in [0, 0.1) is 5.82 Å². The Hall–Kier alpha value is -3.85. The lowest BCUT2D eigenvalue weighted by Gasteiger charge is -2.44. The Balaban J connectivity index is 1.41. The van der Waals surface area contributed by atoms with Crippen molar-refractivity contribution in [2.75, 3.05) is 18.1 Å². The number of fused-ring (bicyclic) bond motifs is 4. The number of thiophene rings is 1. The van der Waals surface area contributed by atoms with Crippen LogP contribution in [-0.4, -0.2) is 35.1 Å². The van der Waals surface area contributed by atoms with Crippen LogP contribution in [0.25, 0.3) is 10.2 Å². The number of halogens is 1. The summed E-state index contributed by atoms with van der Waals surface area (Å²) in [4.78, 5) is 30.1. The molecule has 0 spiro atoms. The summed E-state index contributed by atoms with van der Waals surface area (Å²) in [5.74, 6) is 0.230. The number of carbonyl (C=O) groups excluding carboxylic acids is 2. The fourth-order valence-corrected chi connectivity index (χ4v) is 5.64. The summed E-state index contributed by atoms with van der Waals surface area (Å²) in [6.45, 7) is 3.14. The largest absolute Gasteiger partial charge is 0.486 e. The number of hydrogen-bond donors (Lipinski definition) is 1. The summed E-state index contributed by atoms with van der Waals surface area (Å²) in [5.41, 5.74) is 0.614. The second kappa shape index (κ2) is 8.13. The molecular formula is C26H22FN3O4S. The first kappa shape index (κ1) is 21.7. The average Bonchev–Trinajstić information content (AvgIpc) is 3.46. The van der Waals surface area contributed by atoms with Gasteiger partial charge < -0.3 is 19.4 Å². The van der Waals surface area contributed by atoms with Gasteiger partial charge in [-0.1, -0.05) is 12.1 Å². The van der Waals surface area contributed by atoms with Crippen LogP contribution in [0.5, 0.6) is 11.5 Å². The first-order valence-corrected chi connectivity index (χ1v) is 12.2. The topological polar surface area (TPSA) is 72.8 Å². The molecule has 9 heteroatoms. The quantitative estimate of drug-likeness (QED) is 0.461. The maximum Gasteiger partial charge on any atom is 0.275 e. The van der Waals surface area contributed by atoms with Gasteiger partial charge in [-0.3, -0.25) is 14.5 Å². The van der Waals surface area contributed by atoms with Crippen LogP contribution in [0.2, 0.25) is 0 Å². The molecule has 0 aliphatic carbocycles. The summed E-state index contributed by atoms with van der Waals surface area (Å²) in [6, 6.07) is 15.1. The number of anilines is 1. The Bertz CT molecular complexity index is 1460. The maximum atomic E-state index is 13.9. The van der Waals surface area contributed by atoms with Crippen molar-refractivity contribution in [1.29, 1.82) is 0 Å². The fourth-order valence-electron chi connectivity index (χ4n) is 4.75. The summed E-state index contributed by atoms with van der Waals surface area (Å²) >= 11 is 1.54. The van der Waals surface area contributed by atoms with Crippen molar-refractivity contribution in [3.63, 3.8) is 0 Å². The molecular weight excluding hydrogens is 469 g/mol. The van der Waals surface area contributed by atoms with Gasteiger partial charge in [0.15, 0.2) is 11.5 Å². The Morgan fingerprint density at radius 2 is 1.86 bits per heavy atom. The second-order valence-electron chi connectivity index (χ2n) is 8.85. The number of ether oxygens (including phenoxy) is 2. The SMILES string of the molecule is C[C@@]1(C(=O)NCc2ccc(F)cc2)Cn2c(cc3ccsc32)C(=O)N1c1ccc2c(c1)OCCO2. The highest BCUT2D eigenvalue weighted by Gasteiger charge is 2.49. The van der Waals surface area contributed by atoms with Crippen LogP contribution in [-0.2, 0) is 17.9 Å². The monoisotopic (exact) mass is 491 g/mol. The fraction of sp³-hybridized carbons (Fsp3) is 0.231. The molecule has 2 aliphatic rings. The molecule has 0 unspecified atom stereocenters. The van der Waals surface area contributed by atoms with E-state index in [2.05, 4.69) is 5.32 Å². The molecule has 0 bridgehead atoms. The molecule has 2 aromatic heterocycles. The lowest BCUT2D eigenvalue weighted by atomic mass is 9.93. The Kier molecular flexibility index (Phi) is 5.03. The number of rotatable bonds is 4. The minimum Gasteiger partial charge on any atom is -0.486 e. The van der Waals surface area contributed by atoms with E-state index in [4.69, 9.17) is 9.47 Å². The van der Waals surface area contributed by atoms with Gasteiger partial charge in [0.05, 0.1) is 6.54 Å². The summed E-state index contributed by atoms with van der Waals surface area (Å²) in [7, 11) is 0. The molecule has 2 amide bonds. The van der Waals surface area contributed by atoms with Gasteiger partial charge in [-0.15, -0.1) is 11.3 Å². The van der Waals surface area contributed by atoms with Crippen molar-refractivity contribution in [3.05, 3.63) is 77.1 Å². The van der Waals surface area contributed by atoms with E-state index in [1.165, 1.54) is 23.5 Å². The molecule has 35 heavy (non-hydrogen) atoms. The highest BCUT2D eigenvalue weighted by molar-refractivity contribution is 7.16. The number of nitrogens with one attached hydrogen (secondary N) is 1. The highest BCUT2D eigenvalue weighted by Crippen LogP contribution is 2.41. The van der Waals surface area contributed by atoms with Gasteiger partial charge in [0, 0.05) is 23.7 Å². The zero-order valence-electron chi connectivity index (χ0n) is 18.9. The first-order chi connectivity index (χ1) is 16.9. The number of benzene rings is 2. The molecule has 7 nitrogen and oxygen atoms in total. The molecule has 4 heterocycles. The smallest absolute Gasteiger partial charge is 0.275 e. The van der Waals surface area contributed by atoms with Gasteiger partial charge >= 0.3 is 0 Å². The van der Waals surface area contributed by atoms with Crippen LogP contribution in [0.3, 0.4) is 0 Å². The molecule has 2 aliphatic heterocycles. The molecule has 1 atom stereocenters. The number of amides is 2. The average molecular weight is 492 g/mol. The molecule has 178 valence electrons. The van der Waals surface area contributed by atoms with E-state index in [-0.39, 0.29) is 30.7 Å². The second-order valence-corrected chi connectivity index (χ2v) is 9.74. The zero-order valence-corrected chi connectivity index (χ0v) is 19.7. The van der Waals surface area contributed by atoms with E-state index >= 15 is 0 Å². The van der Waals surface area contributed by atoms with Gasteiger partial charge in [0.1, 0.15) is 35.1 Å². The minimum atomic E-state index is -1.23. The zero-order chi connectivity index (χ0) is 24.2. The minimum absolute atomic E-state index is 0.213. The van der Waals surface area contributed by atoms with E-state index in [1.54, 1.807) is 42.2 Å². The van der Waals surface area contributed by atoms with Crippen LogP contribution >= 0.6 is 11.3 Å².